The molecule has 0 bridgehead atoms. The van der Waals surface area contributed by atoms with Gasteiger partial charge in [-0.25, -0.2) is 8.42 Å². The first-order chi connectivity index (χ1) is 13.9. The van der Waals surface area contributed by atoms with E-state index in [1.807, 2.05) is 31.2 Å². The van der Waals surface area contributed by atoms with Gasteiger partial charge >= 0.3 is 0 Å². The Morgan fingerprint density at radius 3 is 2.52 bits per heavy atom. The number of sulfonamides is 1. The molecule has 0 atom stereocenters. The SMILES string of the molecule is COc1ccc(NC(=O)/C=C/c2ccccc2C)cc1S(=O)(=O)N1CCCCC1. The number of ether oxygens (including phenoxy) is 1. The number of nitrogens with zero attached hydrogens (tertiary/aromatic N) is 1. The number of carbonyl (C=O) groups excluding carboxylic acids is 1. The maximum atomic E-state index is 13.1. The van der Waals surface area contributed by atoms with Crippen LogP contribution in [0.1, 0.15) is 30.4 Å². The number of hydrogen-bond donors (Lipinski definition) is 1. The van der Waals surface area contributed by atoms with Gasteiger partial charge < -0.3 is 10.1 Å². The van der Waals surface area contributed by atoms with Gasteiger partial charge in [0.15, 0.2) is 0 Å². The number of hydrogen-bond acceptors (Lipinski definition) is 4. The van der Waals surface area contributed by atoms with Gasteiger partial charge in [0.2, 0.25) is 15.9 Å². The summed E-state index contributed by atoms with van der Waals surface area (Å²) in [6, 6.07) is 12.4. The first-order valence-electron chi connectivity index (χ1n) is 9.65. The van der Waals surface area contributed by atoms with Crippen molar-refractivity contribution in [2.75, 3.05) is 25.5 Å². The van der Waals surface area contributed by atoms with Crippen LogP contribution in [0.4, 0.5) is 5.69 Å². The van der Waals surface area contributed by atoms with E-state index in [9.17, 15) is 13.2 Å². The Hall–Kier alpha value is -2.64. The first kappa shape index (κ1) is 21.1. The van der Waals surface area contributed by atoms with Crippen molar-refractivity contribution in [3.8, 4) is 5.75 Å². The zero-order valence-electron chi connectivity index (χ0n) is 16.7. The monoisotopic (exact) mass is 414 g/mol. The lowest BCUT2D eigenvalue weighted by molar-refractivity contribution is -0.111. The largest absolute Gasteiger partial charge is 0.495 e. The van der Waals surface area contributed by atoms with Gasteiger partial charge in [-0.15, -0.1) is 0 Å². The average Bonchev–Trinajstić information content (AvgIpc) is 2.74. The van der Waals surface area contributed by atoms with Crippen molar-refractivity contribution in [3.63, 3.8) is 0 Å². The van der Waals surface area contributed by atoms with Gasteiger partial charge in [-0.1, -0.05) is 30.7 Å². The zero-order chi connectivity index (χ0) is 20.9. The van der Waals surface area contributed by atoms with Crippen LogP contribution < -0.4 is 10.1 Å². The van der Waals surface area contributed by atoms with Crippen molar-refractivity contribution in [2.24, 2.45) is 0 Å². The highest BCUT2D eigenvalue weighted by Gasteiger charge is 2.29. The van der Waals surface area contributed by atoms with Crippen molar-refractivity contribution < 1.29 is 17.9 Å². The summed E-state index contributed by atoms with van der Waals surface area (Å²) in [5.74, 6) is -0.0660. The topological polar surface area (TPSA) is 75.7 Å². The number of amides is 1. The van der Waals surface area contributed by atoms with E-state index in [2.05, 4.69) is 5.32 Å². The minimum absolute atomic E-state index is 0.0718. The van der Waals surface area contributed by atoms with Gasteiger partial charge in [-0.2, -0.15) is 4.31 Å². The zero-order valence-corrected chi connectivity index (χ0v) is 17.5. The summed E-state index contributed by atoms with van der Waals surface area (Å²) in [6.45, 7) is 2.97. The molecule has 6 nitrogen and oxygen atoms in total. The molecular weight excluding hydrogens is 388 g/mol. The van der Waals surface area contributed by atoms with E-state index in [0.717, 1.165) is 30.4 Å². The molecule has 3 rings (SSSR count). The Kier molecular flexibility index (Phi) is 6.71. The Bertz CT molecular complexity index is 1010. The lowest BCUT2D eigenvalue weighted by Crippen LogP contribution is -2.35. The standard InChI is InChI=1S/C22H26N2O4S/c1-17-8-4-5-9-18(17)10-13-22(25)23-19-11-12-20(28-2)21(16-19)29(26,27)24-14-6-3-7-15-24/h4-5,8-13,16H,3,6-7,14-15H2,1-2H3,(H,23,25)/b13-10+. The predicted molar refractivity (Wildman–Crippen MR) is 114 cm³/mol. The van der Waals surface area contributed by atoms with E-state index in [0.29, 0.717) is 18.8 Å². The molecule has 1 heterocycles. The summed E-state index contributed by atoms with van der Waals surface area (Å²) < 4.78 is 32.9. The third-order valence-corrected chi connectivity index (χ3v) is 6.89. The van der Waals surface area contributed by atoms with Gasteiger partial charge in [0.05, 0.1) is 7.11 Å². The van der Waals surface area contributed by atoms with Crippen molar-refractivity contribution in [3.05, 3.63) is 59.7 Å². The highest BCUT2D eigenvalue weighted by Crippen LogP contribution is 2.31. The number of methoxy groups -OCH3 is 1. The molecule has 2 aromatic carbocycles. The molecular formula is C22H26N2O4S. The van der Waals surface area contributed by atoms with Crippen LogP contribution in [0.2, 0.25) is 0 Å². The Morgan fingerprint density at radius 1 is 1.10 bits per heavy atom. The number of anilines is 1. The van der Waals surface area contributed by atoms with Gasteiger partial charge in [-0.05, 0) is 55.2 Å². The summed E-state index contributed by atoms with van der Waals surface area (Å²) in [6.07, 6.45) is 5.90. The molecule has 0 radical (unpaired) electrons. The smallest absolute Gasteiger partial charge is 0.248 e. The normalized spacial score (nSPS) is 15.4. The lowest BCUT2D eigenvalue weighted by Gasteiger charge is -2.26. The number of carbonyl (C=O) groups is 1. The van der Waals surface area contributed by atoms with E-state index in [1.54, 1.807) is 18.2 Å². The molecule has 1 fully saturated rings. The van der Waals surface area contributed by atoms with Crippen LogP contribution in [0, 0.1) is 6.92 Å². The molecule has 1 saturated heterocycles. The van der Waals surface area contributed by atoms with Crippen LogP contribution in [0.15, 0.2) is 53.4 Å². The molecule has 154 valence electrons. The maximum Gasteiger partial charge on any atom is 0.248 e. The van der Waals surface area contributed by atoms with Crippen molar-refractivity contribution in [2.45, 2.75) is 31.1 Å². The quantitative estimate of drug-likeness (QED) is 0.729. The molecule has 1 amide bonds. The third kappa shape index (κ3) is 5.05. The van der Waals surface area contributed by atoms with Crippen molar-refractivity contribution >= 4 is 27.7 Å². The van der Waals surface area contributed by atoms with Crippen LogP contribution in [0.3, 0.4) is 0 Å². The van der Waals surface area contributed by atoms with E-state index < -0.39 is 10.0 Å². The Balaban J connectivity index is 1.81. The number of aryl methyl sites for hydroxylation is 1. The summed E-state index contributed by atoms with van der Waals surface area (Å²) in [4.78, 5) is 12.4. The summed E-state index contributed by atoms with van der Waals surface area (Å²) >= 11 is 0. The first-order valence-corrected chi connectivity index (χ1v) is 11.1. The summed E-state index contributed by atoms with van der Waals surface area (Å²) in [5, 5.41) is 2.73. The van der Waals surface area contributed by atoms with Crippen molar-refractivity contribution in [1.82, 2.24) is 4.31 Å². The molecule has 2 aromatic rings. The average molecular weight is 415 g/mol. The van der Waals surface area contributed by atoms with E-state index in [-0.39, 0.29) is 16.6 Å². The van der Waals surface area contributed by atoms with Gasteiger partial charge in [-0.3, -0.25) is 4.79 Å². The van der Waals surface area contributed by atoms with E-state index >= 15 is 0 Å². The number of nitrogens with one attached hydrogen (secondary N) is 1. The van der Waals surface area contributed by atoms with E-state index in [1.165, 1.54) is 23.6 Å². The molecule has 1 N–H and O–H groups in total. The summed E-state index contributed by atoms with van der Waals surface area (Å²) in [7, 11) is -2.25. The minimum atomic E-state index is -3.68. The number of benzene rings is 2. The lowest BCUT2D eigenvalue weighted by atomic mass is 10.1. The predicted octanol–water partition coefficient (Wildman–Crippen LogP) is 3.83. The number of piperidine rings is 1. The van der Waals surface area contributed by atoms with Crippen LogP contribution in [-0.2, 0) is 14.8 Å². The third-order valence-electron chi connectivity index (χ3n) is 4.97. The molecule has 0 aromatic heterocycles. The highest BCUT2D eigenvalue weighted by molar-refractivity contribution is 7.89. The minimum Gasteiger partial charge on any atom is -0.495 e. The molecule has 7 heteroatoms. The Labute approximate surface area is 172 Å². The van der Waals surface area contributed by atoms with Crippen LogP contribution in [-0.4, -0.2) is 38.8 Å². The maximum absolute atomic E-state index is 13.1. The second-order valence-corrected chi connectivity index (χ2v) is 8.92. The molecule has 0 saturated carbocycles. The van der Waals surface area contributed by atoms with Crippen LogP contribution >= 0.6 is 0 Å². The summed E-state index contributed by atoms with van der Waals surface area (Å²) in [5.41, 5.74) is 2.42. The molecule has 0 spiro atoms. The van der Waals surface area contributed by atoms with Gasteiger partial charge in [0.25, 0.3) is 0 Å². The van der Waals surface area contributed by atoms with E-state index in [4.69, 9.17) is 4.74 Å². The molecule has 0 unspecified atom stereocenters. The fourth-order valence-electron chi connectivity index (χ4n) is 3.32. The second kappa shape index (κ2) is 9.24. The molecule has 0 aliphatic carbocycles. The molecule has 29 heavy (non-hydrogen) atoms. The van der Waals surface area contributed by atoms with Crippen molar-refractivity contribution in [1.29, 1.82) is 0 Å². The van der Waals surface area contributed by atoms with Crippen LogP contribution in [0.25, 0.3) is 6.08 Å². The van der Waals surface area contributed by atoms with Gasteiger partial charge in [0.1, 0.15) is 10.6 Å². The second-order valence-electron chi connectivity index (χ2n) is 7.01. The number of rotatable bonds is 6. The molecule has 1 aliphatic rings. The van der Waals surface area contributed by atoms with Crippen LogP contribution in [0.5, 0.6) is 5.75 Å². The van der Waals surface area contributed by atoms with Gasteiger partial charge in [0, 0.05) is 24.9 Å². The Morgan fingerprint density at radius 2 is 1.83 bits per heavy atom. The highest BCUT2D eigenvalue weighted by atomic mass is 32.2. The fraction of sp³-hybridized carbons (Fsp3) is 0.318. The fourth-order valence-corrected chi connectivity index (χ4v) is 5.02. The molecule has 1 aliphatic heterocycles.